The lowest BCUT2D eigenvalue weighted by atomic mass is 10.0. The number of H-pyrrole nitrogens is 1. The Balaban J connectivity index is 0.00000210. The molecule has 3 N–H and O–H groups in total. The largest absolute Gasteiger partial charge is 0.340 e. The number of fused-ring (bicyclic) bond motifs is 1. The van der Waals surface area contributed by atoms with Crippen molar-refractivity contribution < 1.29 is 4.79 Å². The first kappa shape index (κ1) is 19.1. The summed E-state index contributed by atoms with van der Waals surface area (Å²) in [6.07, 6.45) is 2.68. The third-order valence-corrected chi connectivity index (χ3v) is 4.60. The Kier molecular flexibility index (Phi) is 5.29. The first-order chi connectivity index (χ1) is 12.5. The van der Waals surface area contributed by atoms with Gasteiger partial charge in [-0.1, -0.05) is 23.4 Å². The number of aromatic amines is 1. The van der Waals surface area contributed by atoms with Gasteiger partial charge in [0.1, 0.15) is 5.69 Å². The molecule has 1 aromatic carbocycles. The average molecular weight is 388 g/mol. The number of halogens is 1. The minimum Gasteiger partial charge on any atom is -0.340 e. The van der Waals surface area contributed by atoms with Crippen molar-refractivity contribution in [1.29, 1.82) is 0 Å². The van der Waals surface area contributed by atoms with E-state index in [1.54, 1.807) is 4.68 Å². The van der Waals surface area contributed by atoms with Crippen molar-refractivity contribution in [2.45, 2.75) is 32.4 Å². The number of carbonyl (C=O) groups excluding carboxylic acids is 1. The van der Waals surface area contributed by atoms with E-state index in [1.165, 1.54) is 0 Å². The summed E-state index contributed by atoms with van der Waals surface area (Å²) in [5.41, 5.74) is 3.32. The Morgan fingerprint density at radius 3 is 2.81 bits per heavy atom. The quantitative estimate of drug-likeness (QED) is 0.633. The van der Waals surface area contributed by atoms with Crippen molar-refractivity contribution in [1.82, 2.24) is 35.8 Å². The van der Waals surface area contributed by atoms with E-state index in [2.05, 4.69) is 31.1 Å². The lowest BCUT2D eigenvalue weighted by Gasteiger charge is -2.23. The van der Waals surface area contributed by atoms with Crippen molar-refractivity contribution in [3.8, 4) is 5.69 Å². The second-order valence-electron chi connectivity index (χ2n) is 6.92. The van der Waals surface area contributed by atoms with E-state index >= 15 is 0 Å². The van der Waals surface area contributed by atoms with Gasteiger partial charge in [-0.25, -0.2) is 4.68 Å². The van der Waals surface area contributed by atoms with Crippen LogP contribution in [0.25, 0.3) is 5.69 Å². The summed E-state index contributed by atoms with van der Waals surface area (Å²) >= 11 is 0. The highest BCUT2D eigenvalue weighted by atomic mass is 35.5. The predicted octanol–water partition coefficient (Wildman–Crippen LogP) is 1.72. The fourth-order valence-electron chi connectivity index (χ4n) is 3.08. The molecule has 0 spiro atoms. The van der Waals surface area contributed by atoms with Gasteiger partial charge >= 0.3 is 0 Å². The van der Waals surface area contributed by atoms with E-state index in [-0.39, 0.29) is 18.3 Å². The molecule has 0 fully saturated rings. The third-order valence-electron chi connectivity index (χ3n) is 4.60. The van der Waals surface area contributed by atoms with Crippen LogP contribution in [0.2, 0.25) is 0 Å². The minimum atomic E-state index is -0.682. The zero-order valence-corrected chi connectivity index (χ0v) is 16.0. The number of carbonyl (C=O) groups is 1. The normalized spacial score (nSPS) is 13.6. The molecule has 2 aromatic heterocycles. The van der Waals surface area contributed by atoms with E-state index < -0.39 is 5.54 Å². The molecule has 27 heavy (non-hydrogen) atoms. The molecule has 0 atom stereocenters. The third kappa shape index (κ3) is 3.72. The van der Waals surface area contributed by atoms with E-state index in [1.807, 2.05) is 50.4 Å². The molecule has 3 heterocycles. The van der Waals surface area contributed by atoms with Gasteiger partial charge in [0, 0.05) is 30.8 Å². The van der Waals surface area contributed by atoms with Crippen LogP contribution in [0.15, 0.2) is 36.5 Å². The molecule has 0 saturated carbocycles. The summed E-state index contributed by atoms with van der Waals surface area (Å²) in [5, 5.41) is 21.9. The minimum absolute atomic E-state index is 0. The summed E-state index contributed by atoms with van der Waals surface area (Å²) in [6, 6.07) is 9.74. The average Bonchev–Trinajstić information content (AvgIpc) is 3.30. The summed E-state index contributed by atoms with van der Waals surface area (Å²) in [5.74, 6) is -0.217. The van der Waals surface area contributed by atoms with Gasteiger partial charge in [-0.2, -0.15) is 5.10 Å². The van der Waals surface area contributed by atoms with Crippen LogP contribution in [0.3, 0.4) is 0 Å². The molecule has 1 aliphatic heterocycles. The van der Waals surface area contributed by atoms with Crippen LogP contribution in [0.1, 0.15) is 41.3 Å². The molecular weight excluding hydrogens is 366 g/mol. The first-order valence-electron chi connectivity index (χ1n) is 8.62. The monoisotopic (exact) mass is 387 g/mol. The number of para-hydroxylation sites is 1. The van der Waals surface area contributed by atoms with E-state index in [0.717, 1.165) is 29.9 Å². The highest BCUT2D eigenvalue weighted by molar-refractivity contribution is 5.94. The van der Waals surface area contributed by atoms with Crippen LogP contribution < -0.4 is 10.6 Å². The van der Waals surface area contributed by atoms with E-state index in [9.17, 15) is 4.79 Å². The van der Waals surface area contributed by atoms with Crippen LogP contribution in [0, 0.1) is 0 Å². The molecule has 1 aliphatic rings. The summed E-state index contributed by atoms with van der Waals surface area (Å²) < 4.78 is 1.70. The molecule has 0 radical (unpaired) electrons. The number of benzene rings is 1. The summed E-state index contributed by atoms with van der Waals surface area (Å²) in [4.78, 5) is 12.8. The second kappa shape index (κ2) is 7.50. The van der Waals surface area contributed by atoms with Crippen LogP contribution >= 0.6 is 12.4 Å². The van der Waals surface area contributed by atoms with Crippen molar-refractivity contribution in [3.63, 3.8) is 0 Å². The van der Waals surface area contributed by atoms with Gasteiger partial charge < -0.3 is 10.6 Å². The van der Waals surface area contributed by atoms with Crippen molar-refractivity contribution >= 4 is 18.3 Å². The molecule has 0 unspecified atom stereocenters. The van der Waals surface area contributed by atoms with Crippen LogP contribution in [0.5, 0.6) is 0 Å². The number of amides is 1. The lowest BCUT2D eigenvalue weighted by molar-refractivity contribution is 0.0904. The van der Waals surface area contributed by atoms with Gasteiger partial charge in [0.15, 0.2) is 5.69 Å². The lowest BCUT2D eigenvalue weighted by Crippen LogP contribution is -2.42. The Labute approximate surface area is 163 Å². The number of aromatic nitrogens is 5. The first-order valence-corrected chi connectivity index (χ1v) is 8.62. The maximum absolute atomic E-state index is 12.8. The molecular formula is C18H22ClN7O. The number of nitrogens with zero attached hydrogens (tertiary/aromatic N) is 4. The molecule has 1 amide bonds. The Bertz CT molecular complexity index is 932. The van der Waals surface area contributed by atoms with Crippen molar-refractivity contribution in [2.24, 2.45) is 0 Å². The van der Waals surface area contributed by atoms with Gasteiger partial charge in [0.25, 0.3) is 5.91 Å². The van der Waals surface area contributed by atoms with Gasteiger partial charge in [-0.3, -0.25) is 9.89 Å². The smallest absolute Gasteiger partial charge is 0.272 e. The van der Waals surface area contributed by atoms with E-state index in [4.69, 9.17) is 0 Å². The standard InChI is InChI=1S/C18H21N7O.ClH/c1-18(2,15-11-25(24-22-15)12-6-4-3-5-7-12)20-17(26)16-13-10-19-9-8-14(13)21-23-16;/h3-7,11,19H,8-10H2,1-2H3,(H,20,26)(H,21,23);1H. The molecule has 9 heteroatoms. The SMILES string of the molecule is CC(C)(NC(=O)c1n[nH]c2c1CNCC2)c1cn(-c2ccccc2)nn1.Cl. The van der Waals surface area contributed by atoms with Gasteiger partial charge in [0.2, 0.25) is 0 Å². The maximum atomic E-state index is 12.8. The molecule has 0 saturated heterocycles. The van der Waals surface area contributed by atoms with Crippen molar-refractivity contribution in [3.05, 3.63) is 59.2 Å². The van der Waals surface area contributed by atoms with Gasteiger partial charge in [0.05, 0.1) is 17.4 Å². The highest BCUT2D eigenvalue weighted by Gasteiger charge is 2.30. The predicted molar refractivity (Wildman–Crippen MR) is 103 cm³/mol. The molecule has 3 aromatic rings. The highest BCUT2D eigenvalue weighted by Crippen LogP contribution is 2.21. The molecule has 0 bridgehead atoms. The zero-order valence-electron chi connectivity index (χ0n) is 15.2. The molecule has 142 valence electrons. The van der Waals surface area contributed by atoms with E-state index in [0.29, 0.717) is 17.9 Å². The summed E-state index contributed by atoms with van der Waals surface area (Å²) in [6.45, 7) is 5.35. The topological polar surface area (TPSA) is 101 Å². The van der Waals surface area contributed by atoms with Crippen LogP contribution in [0.4, 0.5) is 0 Å². The zero-order chi connectivity index (χ0) is 18.1. The van der Waals surface area contributed by atoms with Crippen LogP contribution in [-0.4, -0.2) is 37.6 Å². The van der Waals surface area contributed by atoms with Gasteiger partial charge in [-0.05, 0) is 26.0 Å². The van der Waals surface area contributed by atoms with Gasteiger partial charge in [-0.15, -0.1) is 17.5 Å². The fraction of sp³-hybridized carbons (Fsp3) is 0.333. The number of nitrogens with one attached hydrogen (secondary N) is 3. The Hall–Kier alpha value is -2.71. The second-order valence-corrected chi connectivity index (χ2v) is 6.92. The number of hydrogen-bond donors (Lipinski definition) is 3. The molecule has 0 aliphatic carbocycles. The molecule has 8 nitrogen and oxygen atoms in total. The Morgan fingerprint density at radius 2 is 2.04 bits per heavy atom. The van der Waals surface area contributed by atoms with Crippen molar-refractivity contribution in [2.75, 3.05) is 6.54 Å². The fourth-order valence-corrected chi connectivity index (χ4v) is 3.08. The molecule has 4 rings (SSSR count). The Morgan fingerprint density at radius 1 is 1.26 bits per heavy atom. The maximum Gasteiger partial charge on any atom is 0.272 e. The van der Waals surface area contributed by atoms with Crippen LogP contribution in [-0.2, 0) is 18.5 Å². The summed E-state index contributed by atoms with van der Waals surface area (Å²) in [7, 11) is 0. The number of hydrogen-bond acceptors (Lipinski definition) is 5. The number of rotatable bonds is 4.